The van der Waals surface area contributed by atoms with Gasteiger partial charge in [-0.1, -0.05) is 41.6 Å². The van der Waals surface area contributed by atoms with Crippen LogP contribution in [0.2, 0.25) is 5.02 Å². The number of nitrogens with zero attached hydrogens (tertiary/aromatic N) is 3. The van der Waals surface area contributed by atoms with Gasteiger partial charge in [-0.15, -0.1) is 11.3 Å². The fourth-order valence-corrected chi connectivity index (χ4v) is 7.98. The average molecular weight is 585 g/mol. The van der Waals surface area contributed by atoms with Gasteiger partial charge < -0.3 is 9.88 Å². The summed E-state index contributed by atoms with van der Waals surface area (Å²) in [4.78, 5) is 33.9. The standard InChI is InChI=1S/C31H25ClN4O2S2/c1-2-35-24-8-4-3-6-21(24)23-16-19(12-15-25(23)35)33-27(37)17-39-31-34-29-28(22-7-5-9-26(22)40-29)30(38)36(31)20-13-10-18(32)11-14-20/h3-4,6,8,10-16H,2,5,7,9,17H2,1H3,(H,33,37). The molecule has 200 valence electrons. The molecule has 7 rings (SSSR count). The third kappa shape index (κ3) is 4.22. The fourth-order valence-electron chi connectivity index (χ4n) is 5.74. The van der Waals surface area contributed by atoms with Gasteiger partial charge >= 0.3 is 0 Å². The number of thiophene rings is 1. The molecule has 6 nitrogen and oxygen atoms in total. The monoisotopic (exact) mass is 584 g/mol. The molecule has 3 heterocycles. The Kier molecular flexibility index (Phi) is 6.41. The molecule has 1 aliphatic carbocycles. The highest BCUT2D eigenvalue weighted by Crippen LogP contribution is 2.36. The minimum absolute atomic E-state index is 0.0904. The minimum atomic E-state index is -0.158. The van der Waals surface area contributed by atoms with Gasteiger partial charge in [-0.2, -0.15) is 0 Å². The van der Waals surface area contributed by atoms with E-state index in [9.17, 15) is 9.59 Å². The van der Waals surface area contributed by atoms with Gasteiger partial charge in [0, 0.05) is 43.9 Å². The van der Waals surface area contributed by atoms with Crippen LogP contribution < -0.4 is 10.9 Å². The number of anilines is 1. The smallest absolute Gasteiger partial charge is 0.267 e. The number of hydrogen-bond acceptors (Lipinski definition) is 5. The summed E-state index contributed by atoms with van der Waals surface area (Å²) in [5, 5.41) is 7.12. The van der Waals surface area contributed by atoms with Crippen molar-refractivity contribution in [2.45, 2.75) is 37.9 Å². The van der Waals surface area contributed by atoms with Crippen LogP contribution in [-0.4, -0.2) is 25.8 Å². The molecule has 40 heavy (non-hydrogen) atoms. The SMILES string of the molecule is CCn1c2ccccc2c2cc(NC(=O)CSc3nc4sc5c(c4c(=O)n3-c3ccc(Cl)cc3)CCC5)ccc21. The lowest BCUT2D eigenvalue weighted by Gasteiger charge is -2.13. The molecule has 0 spiro atoms. The number of hydrogen-bond donors (Lipinski definition) is 1. The van der Waals surface area contributed by atoms with E-state index in [1.165, 1.54) is 22.2 Å². The zero-order chi connectivity index (χ0) is 27.4. The van der Waals surface area contributed by atoms with Crippen molar-refractivity contribution in [1.82, 2.24) is 14.1 Å². The number of benzene rings is 3. The molecule has 3 aromatic carbocycles. The molecule has 0 aliphatic heterocycles. The number of aromatic nitrogens is 3. The molecular formula is C31H25ClN4O2S2. The van der Waals surface area contributed by atoms with Crippen LogP contribution in [0.1, 0.15) is 23.8 Å². The highest BCUT2D eigenvalue weighted by atomic mass is 35.5. The van der Waals surface area contributed by atoms with E-state index in [0.29, 0.717) is 21.3 Å². The van der Waals surface area contributed by atoms with E-state index in [1.807, 2.05) is 36.4 Å². The highest BCUT2D eigenvalue weighted by molar-refractivity contribution is 7.99. The van der Waals surface area contributed by atoms with Crippen LogP contribution in [0.4, 0.5) is 5.69 Å². The van der Waals surface area contributed by atoms with Gasteiger partial charge in [0.05, 0.1) is 16.8 Å². The molecule has 1 aliphatic rings. The van der Waals surface area contributed by atoms with E-state index in [4.69, 9.17) is 16.6 Å². The Hall–Kier alpha value is -3.59. The van der Waals surface area contributed by atoms with Crippen LogP contribution in [0.25, 0.3) is 37.7 Å². The molecule has 1 N–H and O–H groups in total. The maximum atomic E-state index is 13.8. The first-order chi connectivity index (χ1) is 19.5. The molecule has 0 atom stereocenters. The zero-order valence-electron chi connectivity index (χ0n) is 21.7. The summed E-state index contributed by atoms with van der Waals surface area (Å²) in [7, 11) is 0. The van der Waals surface area contributed by atoms with Crippen molar-refractivity contribution in [2.75, 3.05) is 11.1 Å². The summed E-state index contributed by atoms with van der Waals surface area (Å²) in [5.41, 5.74) is 4.79. The van der Waals surface area contributed by atoms with Gasteiger partial charge in [-0.05, 0) is 80.3 Å². The number of carbonyl (C=O) groups excluding carboxylic acids is 1. The Balaban J connectivity index is 1.20. The molecule has 0 fully saturated rings. The quantitative estimate of drug-likeness (QED) is 0.163. The maximum absolute atomic E-state index is 13.8. The number of amides is 1. The molecule has 0 saturated carbocycles. The zero-order valence-corrected chi connectivity index (χ0v) is 24.1. The molecule has 9 heteroatoms. The van der Waals surface area contributed by atoms with Crippen LogP contribution in [-0.2, 0) is 24.2 Å². The van der Waals surface area contributed by atoms with Gasteiger partial charge in [0.15, 0.2) is 5.16 Å². The molecule has 0 bridgehead atoms. The van der Waals surface area contributed by atoms with Crippen LogP contribution in [0.5, 0.6) is 0 Å². The Bertz CT molecular complexity index is 2010. The van der Waals surface area contributed by atoms with Gasteiger partial charge in [0.2, 0.25) is 5.91 Å². The summed E-state index contributed by atoms with van der Waals surface area (Å²) in [6.07, 6.45) is 2.96. The van der Waals surface area contributed by atoms with Crippen LogP contribution in [0.15, 0.2) is 76.7 Å². The first-order valence-electron chi connectivity index (χ1n) is 13.3. The van der Waals surface area contributed by atoms with E-state index in [0.717, 1.165) is 58.2 Å². The topological polar surface area (TPSA) is 68.9 Å². The van der Waals surface area contributed by atoms with Gasteiger partial charge in [-0.3, -0.25) is 14.2 Å². The lowest BCUT2D eigenvalue weighted by molar-refractivity contribution is -0.113. The number of halogens is 1. The van der Waals surface area contributed by atoms with Crippen LogP contribution in [0.3, 0.4) is 0 Å². The average Bonchev–Trinajstić information content (AvgIpc) is 3.64. The first-order valence-corrected chi connectivity index (χ1v) is 15.5. The number of carbonyl (C=O) groups is 1. The van der Waals surface area contributed by atoms with Crippen molar-refractivity contribution in [3.8, 4) is 5.69 Å². The maximum Gasteiger partial charge on any atom is 0.267 e. The highest BCUT2D eigenvalue weighted by Gasteiger charge is 2.24. The van der Waals surface area contributed by atoms with Crippen molar-refractivity contribution >= 4 is 78.3 Å². The van der Waals surface area contributed by atoms with Crippen molar-refractivity contribution in [2.24, 2.45) is 0 Å². The third-order valence-electron chi connectivity index (χ3n) is 7.50. The van der Waals surface area contributed by atoms with Gasteiger partial charge in [-0.25, -0.2) is 4.98 Å². The number of thioether (sulfide) groups is 1. The summed E-state index contributed by atoms with van der Waals surface area (Å²) < 4.78 is 3.90. The largest absolute Gasteiger partial charge is 0.341 e. The molecule has 0 saturated heterocycles. The molecule has 3 aromatic heterocycles. The number of nitrogens with one attached hydrogen (secondary N) is 1. The summed E-state index contributed by atoms with van der Waals surface area (Å²) in [6, 6.07) is 21.5. The number of aryl methyl sites for hydroxylation is 3. The number of para-hydroxylation sites is 1. The fraction of sp³-hybridized carbons (Fsp3) is 0.194. The summed E-state index contributed by atoms with van der Waals surface area (Å²) in [5.74, 6) is -0.0416. The van der Waals surface area contributed by atoms with E-state index in [-0.39, 0.29) is 17.2 Å². The number of rotatable bonds is 6. The van der Waals surface area contributed by atoms with E-state index in [1.54, 1.807) is 28.0 Å². The van der Waals surface area contributed by atoms with Crippen LogP contribution >= 0.6 is 34.7 Å². The molecule has 6 aromatic rings. The first kappa shape index (κ1) is 25.4. The number of fused-ring (bicyclic) bond motifs is 6. The lowest BCUT2D eigenvalue weighted by atomic mass is 10.1. The van der Waals surface area contributed by atoms with E-state index < -0.39 is 0 Å². The van der Waals surface area contributed by atoms with E-state index in [2.05, 4.69) is 35.0 Å². The Labute approximate surface area is 243 Å². The van der Waals surface area contributed by atoms with Gasteiger partial charge in [0.25, 0.3) is 5.56 Å². The second kappa shape index (κ2) is 10.1. The predicted molar refractivity (Wildman–Crippen MR) is 167 cm³/mol. The van der Waals surface area contributed by atoms with E-state index >= 15 is 0 Å². The molecule has 0 radical (unpaired) electrons. The third-order valence-corrected chi connectivity index (χ3v) is 9.87. The van der Waals surface area contributed by atoms with Crippen molar-refractivity contribution in [3.63, 3.8) is 0 Å². The van der Waals surface area contributed by atoms with Crippen LogP contribution in [0, 0.1) is 0 Å². The Morgan fingerprint density at radius 3 is 2.67 bits per heavy atom. The molecule has 0 unspecified atom stereocenters. The van der Waals surface area contributed by atoms with Crippen molar-refractivity contribution < 1.29 is 4.79 Å². The minimum Gasteiger partial charge on any atom is -0.341 e. The Morgan fingerprint density at radius 2 is 1.85 bits per heavy atom. The normalized spacial score (nSPS) is 12.9. The molecule has 1 amide bonds. The lowest BCUT2D eigenvalue weighted by Crippen LogP contribution is -2.23. The van der Waals surface area contributed by atoms with Gasteiger partial charge in [0.1, 0.15) is 4.83 Å². The molecular weight excluding hydrogens is 560 g/mol. The second-order valence-corrected chi connectivity index (χ2v) is 12.3. The second-order valence-electron chi connectivity index (χ2n) is 9.88. The summed E-state index contributed by atoms with van der Waals surface area (Å²) >= 11 is 9.00. The van der Waals surface area contributed by atoms with Crippen molar-refractivity contribution in [1.29, 1.82) is 0 Å². The summed E-state index contributed by atoms with van der Waals surface area (Å²) in [6.45, 7) is 3.00. The Morgan fingerprint density at radius 1 is 1.05 bits per heavy atom. The predicted octanol–water partition coefficient (Wildman–Crippen LogP) is 7.45. The van der Waals surface area contributed by atoms with Crippen molar-refractivity contribution in [3.05, 3.63) is 92.5 Å².